The molecule has 0 aliphatic carbocycles. The summed E-state index contributed by atoms with van der Waals surface area (Å²) in [5.41, 5.74) is 0. The summed E-state index contributed by atoms with van der Waals surface area (Å²) in [5, 5.41) is -0.367. The van der Waals surface area contributed by atoms with Gasteiger partial charge < -0.3 is 9.47 Å². The van der Waals surface area contributed by atoms with Crippen molar-refractivity contribution in [2.75, 3.05) is 33.0 Å². The van der Waals surface area contributed by atoms with Crippen molar-refractivity contribution in [3.8, 4) is 0 Å². The van der Waals surface area contributed by atoms with E-state index >= 15 is 0 Å². The van der Waals surface area contributed by atoms with Crippen LogP contribution in [0, 0.1) is 0 Å². The average molecular weight is 209 g/mol. The van der Waals surface area contributed by atoms with Gasteiger partial charge in [-0.05, 0) is 6.92 Å². The minimum atomic E-state index is -3.16. The van der Waals surface area contributed by atoms with Crippen LogP contribution in [0.1, 0.15) is 6.92 Å². The highest BCUT2D eigenvalue weighted by atomic mass is 32.2. The van der Waals surface area contributed by atoms with E-state index < -0.39 is 10.0 Å². The van der Waals surface area contributed by atoms with E-state index in [1.807, 2.05) is 6.92 Å². The monoisotopic (exact) mass is 209 g/mol. The molecule has 1 rings (SSSR count). The Bertz CT molecular complexity index is 235. The molecule has 1 N–H and O–H groups in total. The largest absolute Gasteiger partial charge is 0.380 e. The molecular weight excluding hydrogens is 194 g/mol. The van der Waals surface area contributed by atoms with Gasteiger partial charge in [0.05, 0.1) is 19.8 Å². The van der Waals surface area contributed by atoms with Gasteiger partial charge in [-0.1, -0.05) is 0 Å². The van der Waals surface area contributed by atoms with E-state index in [-0.39, 0.29) is 5.25 Å². The number of hydrogen-bond donors (Lipinski definition) is 1. The molecule has 0 saturated carbocycles. The Morgan fingerprint density at radius 2 is 2.23 bits per heavy atom. The van der Waals surface area contributed by atoms with Gasteiger partial charge in [-0.3, -0.25) is 0 Å². The first-order valence-corrected chi connectivity index (χ1v) is 5.85. The second kappa shape index (κ2) is 4.90. The van der Waals surface area contributed by atoms with Crippen LogP contribution in [0.5, 0.6) is 0 Å². The molecule has 0 aromatic carbocycles. The van der Waals surface area contributed by atoms with Crippen LogP contribution in [0.15, 0.2) is 0 Å². The van der Waals surface area contributed by atoms with Crippen LogP contribution in [0.3, 0.4) is 0 Å². The maximum absolute atomic E-state index is 11.3. The van der Waals surface area contributed by atoms with E-state index in [1.165, 1.54) is 0 Å². The summed E-state index contributed by atoms with van der Waals surface area (Å²) in [5.74, 6) is 0. The van der Waals surface area contributed by atoms with Crippen LogP contribution < -0.4 is 4.72 Å². The maximum Gasteiger partial charge on any atom is 0.219 e. The second-order valence-electron chi connectivity index (χ2n) is 2.80. The van der Waals surface area contributed by atoms with Crippen LogP contribution in [-0.4, -0.2) is 46.6 Å². The van der Waals surface area contributed by atoms with Crippen LogP contribution in [0.25, 0.3) is 0 Å². The zero-order valence-corrected chi connectivity index (χ0v) is 8.47. The van der Waals surface area contributed by atoms with Gasteiger partial charge in [-0.2, -0.15) is 0 Å². The molecule has 5 nitrogen and oxygen atoms in total. The standard InChI is InChI=1S/C7H15NO4S/c1-2-11-4-3-8-13(9,10)7-5-12-6-7/h7-8H,2-6H2,1H3. The van der Waals surface area contributed by atoms with Gasteiger partial charge in [0.1, 0.15) is 5.25 Å². The average Bonchev–Trinajstić information content (AvgIpc) is 1.93. The predicted molar refractivity (Wildman–Crippen MR) is 48.0 cm³/mol. The molecule has 1 saturated heterocycles. The summed E-state index contributed by atoms with van der Waals surface area (Å²) in [4.78, 5) is 0. The summed E-state index contributed by atoms with van der Waals surface area (Å²) < 4.78 is 34.9. The highest BCUT2D eigenvalue weighted by Crippen LogP contribution is 2.09. The van der Waals surface area contributed by atoms with Gasteiger partial charge in [0.25, 0.3) is 0 Å². The minimum absolute atomic E-state index is 0.309. The topological polar surface area (TPSA) is 64.6 Å². The molecule has 0 amide bonds. The third-order valence-electron chi connectivity index (χ3n) is 1.80. The first-order chi connectivity index (χ1) is 6.17. The Balaban J connectivity index is 2.18. The normalized spacial score (nSPS) is 18.5. The quantitative estimate of drug-likeness (QED) is 0.590. The van der Waals surface area contributed by atoms with E-state index in [4.69, 9.17) is 9.47 Å². The molecule has 0 aromatic heterocycles. The van der Waals surface area contributed by atoms with Crippen molar-refractivity contribution in [2.45, 2.75) is 12.2 Å². The van der Waals surface area contributed by atoms with Gasteiger partial charge in [0.15, 0.2) is 0 Å². The number of hydrogen-bond acceptors (Lipinski definition) is 4. The molecule has 0 unspecified atom stereocenters. The van der Waals surface area contributed by atoms with E-state index in [0.29, 0.717) is 33.0 Å². The lowest BCUT2D eigenvalue weighted by Gasteiger charge is -2.25. The SMILES string of the molecule is CCOCCNS(=O)(=O)C1COC1. The Labute approximate surface area is 78.5 Å². The highest BCUT2D eigenvalue weighted by Gasteiger charge is 2.31. The number of rotatable bonds is 6. The minimum Gasteiger partial charge on any atom is -0.380 e. The van der Waals surface area contributed by atoms with Crippen molar-refractivity contribution in [1.82, 2.24) is 4.72 Å². The third kappa shape index (κ3) is 3.22. The van der Waals surface area contributed by atoms with Crippen molar-refractivity contribution in [2.24, 2.45) is 0 Å². The lowest BCUT2D eigenvalue weighted by molar-refractivity contribution is 0.0410. The van der Waals surface area contributed by atoms with E-state index in [0.717, 1.165) is 0 Å². The molecule has 6 heteroatoms. The lowest BCUT2D eigenvalue weighted by atomic mass is 10.4. The fraction of sp³-hybridized carbons (Fsp3) is 1.00. The van der Waals surface area contributed by atoms with Gasteiger partial charge in [0.2, 0.25) is 10.0 Å². The van der Waals surface area contributed by atoms with Crippen LogP contribution >= 0.6 is 0 Å². The molecule has 1 heterocycles. The molecule has 13 heavy (non-hydrogen) atoms. The number of nitrogens with one attached hydrogen (secondary N) is 1. The molecule has 1 aliphatic heterocycles. The first-order valence-electron chi connectivity index (χ1n) is 4.31. The van der Waals surface area contributed by atoms with Gasteiger partial charge in [-0.25, -0.2) is 13.1 Å². The number of sulfonamides is 1. The van der Waals surface area contributed by atoms with Gasteiger partial charge >= 0.3 is 0 Å². The zero-order valence-electron chi connectivity index (χ0n) is 7.65. The van der Waals surface area contributed by atoms with Crippen LogP contribution in [0.4, 0.5) is 0 Å². The van der Waals surface area contributed by atoms with Crippen molar-refractivity contribution in [3.63, 3.8) is 0 Å². The summed E-state index contributed by atoms with van der Waals surface area (Å²) >= 11 is 0. The first kappa shape index (κ1) is 10.9. The van der Waals surface area contributed by atoms with Crippen LogP contribution in [0.2, 0.25) is 0 Å². The molecule has 0 bridgehead atoms. The predicted octanol–water partition coefficient (Wildman–Crippen LogP) is -0.659. The Kier molecular flexibility index (Phi) is 4.11. The Morgan fingerprint density at radius 1 is 1.54 bits per heavy atom. The van der Waals surface area contributed by atoms with Crippen molar-refractivity contribution < 1.29 is 17.9 Å². The van der Waals surface area contributed by atoms with E-state index in [2.05, 4.69) is 4.72 Å². The van der Waals surface area contributed by atoms with Gasteiger partial charge in [-0.15, -0.1) is 0 Å². The van der Waals surface area contributed by atoms with Crippen molar-refractivity contribution >= 4 is 10.0 Å². The molecule has 0 aromatic rings. The molecule has 1 fully saturated rings. The summed E-state index contributed by atoms with van der Waals surface area (Å²) in [6.07, 6.45) is 0. The molecule has 78 valence electrons. The maximum atomic E-state index is 11.3. The smallest absolute Gasteiger partial charge is 0.219 e. The highest BCUT2D eigenvalue weighted by molar-refractivity contribution is 7.90. The Morgan fingerprint density at radius 3 is 2.69 bits per heavy atom. The Hall–Kier alpha value is -0.170. The molecule has 1 aliphatic rings. The lowest BCUT2D eigenvalue weighted by Crippen LogP contribution is -2.47. The van der Waals surface area contributed by atoms with E-state index in [9.17, 15) is 8.42 Å². The number of ether oxygens (including phenoxy) is 2. The summed E-state index contributed by atoms with van der Waals surface area (Å²) in [6, 6.07) is 0. The van der Waals surface area contributed by atoms with Crippen molar-refractivity contribution in [3.05, 3.63) is 0 Å². The molecular formula is C7H15NO4S. The molecule has 0 atom stereocenters. The molecule has 0 radical (unpaired) electrons. The van der Waals surface area contributed by atoms with Crippen LogP contribution in [-0.2, 0) is 19.5 Å². The van der Waals surface area contributed by atoms with Crippen molar-refractivity contribution in [1.29, 1.82) is 0 Å². The fourth-order valence-electron chi connectivity index (χ4n) is 0.912. The summed E-state index contributed by atoms with van der Waals surface area (Å²) in [7, 11) is -3.16. The van der Waals surface area contributed by atoms with E-state index in [1.54, 1.807) is 0 Å². The summed E-state index contributed by atoms with van der Waals surface area (Å²) in [6.45, 7) is 3.85. The molecule has 0 spiro atoms. The second-order valence-corrected chi connectivity index (χ2v) is 4.84. The van der Waals surface area contributed by atoms with Gasteiger partial charge in [0, 0.05) is 13.2 Å². The zero-order chi connectivity index (χ0) is 9.73. The fourth-order valence-corrected chi connectivity index (χ4v) is 2.07. The third-order valence-corrected chi connectivity index (χ3v) is 3.56.